The molecule has 3 nitrogen and oxygen atoms in total. The van der Waals surface area contributed by atoms with Crippen LogP contribution in [0.5, 0.6) is 0 Å². The Hall–Kier alpha value is -2.14. The summed E-state index contributed by atoms with van der Waals surface area (Å²) < 4.78 is 0. The number of rotatable bonds is 6. The van der Waals surface area contributed by atoms with Gasteiger partial charge in [0.25, 0.3) is 5.91 Å². The van der Waals surface area contributed by atoms with E-state index in [4.69, 9.17) is 11.6 Å². The highest BCUT2D eigenvalue weighted by atomic mass is 35.5. The van der Waals surface area contributed by atoms with Gasteiger partial charge in [-0.2, -0.15) is 0 Å². The average Bonchev–Trinajstić information content (AvgIpc) is 3.13. The molecule has 3 rings (SSSR count). The fourth-order valence-electron chi connectivity index (χ4n) is 2.61. The zero-order valence-corrected chi connectivity index (χ0v) is 15.5. The van der Waals surface area contributed by atoms with E-state index in [-0.39, 0.29) is 11.9 Å². The molecule has 0 bridgehead atoms. The summed E-state index contributed by atoms with van der Waals surface area (Å²) in [6.07, 6.45) is 0. The quantitative estimate of drug-likeness (QED) is 0.671. The van der Waals surface area contributed by atoms with Gasteiger partial charge in [0.1, 0.15) is 6.54 Å². The Morgan fingerprint density at radius 3 is 2.64 bits per heavy atom. The number of amides is 1. The first-order chi connectivity index (χ1) is 12.1. The van der Waals surface area contributed by atoms with Crippen molar-refractivity contribution in [2.75, 3.05) is 5.32 Å². The molecule has 1 heterocycles. The molecule has 0 saturated carbocycles. The highest BCUT2D eigenvalue weighted by molar-refractivity contribution is 7.09. The summed E-state index contributed by atoms with van der Waals surface area (Å²) in [5.74, 6) is -0.0531. The SMILES string of the molecule is Cc1ccc(NC(=O)[C@H]([NH2+]Cc2cccs2)c2ccccc2)cc1Cl. The molecular weight excluding hydrogens is 352 g/mol. The lowest BCUT2D eigenvalue weighted by Gasteiger charge is -2.16. The van der Waals surface area contributed by atoms with Crippen molar-refractivity contribution < 1.29 is 10.1 Å². The number of anilines is 1. The molecule has 0 aliphatic carbocycles. The second-order valence-corrected chi connectivity index (χ2v) is 7.30. The number of benzene rings is 2. The third-order valence-corrected chi connectivity index (χ3v) is 5.32. The van der Waals surface area contributed by atoms with Crippen molar-refractivity contribution in [1.29, 1.82) is 0 Å². The summed E-state index contributed by atoms with van der Waals surface area (Å²) in [5.41, 5.74) is 2.68. The van der Waals surface area contributed by atoms with Crippen molar-refractivity contribution in [3.05, 3.63) is 87.1 Å². The van der Waals surface area contributed by atoms with Crippen LogP contribution in [0.25, 0.3) is 0 Å². The molecule has 1 amide bonds. The minimum absolute atomic E-state index is 0.0531. The van der Waals surface area contributed by atoms with Crippen LogP contribution in [0.15, 0.2) is 66.0 Å². The third kappa shape index (κ3) is 4.69. The fraction of sp³-hybridized carbons (Fsp3) is 0.150. The van der Waals surface area contributed by atoms with E-state index in [0.717, 1.165) is 17.7 Å². The van der Waals surface area contributed by atoms with Crippen molar-refractivity contribution in [3.63, 3.8) is 0 Å². The average molecular weight is 372 g/mol. The van der Waals surface area contributed by atoms with Gasteiger partial charge in [-0.15, -0.1) is 11.3 Å². The van der Waals surface area contributed by atoms with Crippen LogP contribution in [0.4, 0.5) is 5.69 Å². The first kappa shape index (κ1) is 17.7. The van der Waals surface area contributed by atoms with Crippen LogP contribution in [0.3, 0.4) is 0 Å². The molecule has 3 aromatic rings. The number of aryl methyl sites for hydroxylation is 1. The second-order valence-electron chi connectivity index (χ2n) is 5.86. The topological polar surface area (TPSA) is 45.7 Å². The number of quaternary nitrogens is 1. The van der Waals surface area contributed by atoms with Gasteiger partial charge in [0, 0.05) is 16.3 Å². The number of hydrogen-bond donors (Lipinski definition) is 2. The summed E-state index contributed by atoms with van der Waals surface area (Å²) in [6.45, 7) is 2.70. The highest BCUT2D eigenvalue weighted by Crippen LogP contribution is 2.21. The smallest absolute Gasteiger partial charge is 0.287 e. The number of thiophene rings is 1. The molecule has 2 aromatic carbocycles. The van der Waals surface area contributed by atoms with Crippen molar-refractivity contribution in [1.82, 2.24) is 0 Å². The lowest BCUT2D eigenvalue weighted by molar-refractivity contribution is -0.697. The first-order valence-corrected chi connectivity index (χ1v) is 9.37. The fourth-order valence-corrected chi connectivity index (χ4v) is 3.47. The van der Waals surface area contributed by atoms with E-state index in [2.05, 4.69) is 22.1 Å². The van der Waals surface area contributed by atoms with Crippen LogP contribution in [0.1, 0.15) is 22.0 Å². The molecule has 3 N–H and O–H groups in total. The van der Waals surface area contributed by atoms with Gasteiger partial charge in [-0.05, 0) is 36.1 Å². The van der Waals surface area contributed by atoms with Crippen LogP contribution >= 0.6 is 22.9 Å². The molecule has 128 valence electrons. The second kappa shape index (κ2) is 8.30. The molecule has 0 fully saturated rings. The molecule has 1 aromatic heterocycles. The number of halogens is 1. The number of nitrogens with two attached hydrogens (primary N) is 1. The molecule has 1 atom stereocenters. The largest absolute Gasteiger partial charge is 0.328 e. The molecule has 0 aliphatic heterocycles. The van der Waals surface area contributed by atoms with Crippen LogP contribution in [-0.2, 0) is 11.3 Å². The minimum atomic E-state index is -0.316. The van der Waals surface area contributed by atoms with Crippen molar-refractivity contribution in [2.24, 2.45) is 0 Å². The molecule has 0 unspecified atom stereocenters. The van der Waals surface area contributed by atoms with E-state index >= 15 is 0 Å². The van der Waals surface area contributed by atoms with Crippen LogP contribution in [0, 0.1) is 6.92 Å². The summed E-state index contributed by atoms with van der Waals surface area (Å²) >= 11 is 7.86. The molecule has 0 aliphatic rings. The van der Waals surface area contributed by atoms with Gasteiger partial charge in [-0.1, -0.05) is 54.1 Å². The number of carbonyl (C=O) groups is 1. The number of hydrogen-bond acceptors (Lipinski definition) is 2. The van der Waals surface area contributed by atoms with Gasteiger partial charge in [0.15, 0.2) is 6.04 Å². The summed E-state index contributed by atoms with van der Waals surface area (Å²) in [6, 6.07) is 19.2. The van der Waals surface area contributed by atoms with E-state index in [1.54, 1.807) is 17.4 Å². The van der Waals surface area contributed by atoms with E-state index in [1.807, 2.05) is 55.5 Å². The Bertz CT molecular complexity index is 834. The number of nitrogens with one attached hydrogen (secondary N) is 1. The summed E-state index contributed by atoms with van der Waals surface area (Å²) in [7, 11) is 0. The Morgan fingerprint density at radius 2 is 1.96 bits per heavy atom. The molecule has 25 heavy (non-hydrogen) atoms. The van der Waals surface area contributed by atoms with E-state index < -0.39 is 0 Å². The van der Waals surface area contributed by atoms with Crippen molar-refractivity contribution in [3.8, 4) is 0 Å². The zero-order valence-electron chi connectivity index (χ0n) is 13.9. The monoisotopic (exact) mass is 371 g/mol. The summed E-state index contributed by atoms with van der Waals surface area (Å²) in [5, 5.41) is 7.75. The van der Waals surface area contributed by atoms with Crippen LogP contribution < -0.4 is 10.6 Å². The van der Waals surface area contributed by atoms with E-state index in [1.165, 1.54) is 4.88 Å². The Kier molecular flexibility index (Phi) is 5.87. The molecular formula is C20H20ClN2OS+. The number of carbonyl (C=O) groups excluding carboxylic acids is 1. The van der Waals surface area contributed by atoms with E-state index in [9.17, 15) is 4.79 Å². The maximum absolute atomic E-state index is 12.9. The maximum Gasteiger partial charge on any atom is 0.287 e. The molecule has 5 heteroatoms. The lowest BCUT2D eigenvalue weighted by Crippen LogP contribution is -2.85. The predicted molar refractivity (Wildman–Crippen MR) is 104 cm³/mol. The Labute approximate surface area is 156 Å². The highest BCUT2D eigenvalue weighted by Gasteiger charge is 2.24. The third-order valence-electron chi connectivity index (χ3n) is 4.02. The van der Waals surface area contributed by atoms with Gasteiger partial charge in [-0.25, -0.2) is 0 Å². The van der Waals surface area contributed by atoms with Gasteiger partial charge in [-0.3, -0.25) is 4.79 Å². The van der Waals surface area contributed by atoms with Crippen LogP contribution in [-0.4, -0.2) is 5.91 Å². The van der Waals surface area contributed by atoms with Gasteiger partial charge in [0.2, 0.25) is 0 Å². The van der Waals surface area contributed by atoms with Crippen molar-refractivity contribution >= 4 is 34.5 Å². The maximum atomic E-state index is 12.9. The minimum Gasteiger partial charge on any atom is -0.328 e. The summed E-state index contributed by atoms with van der Waals surface area (Å²) in [4.78, 5) is 14.1. The Balaban J connectivity index is 1.77. The predicted octanol–water partition coefficient (Wildman–Crippen LogP) is 4.15. The molecule has 0 saturated heterocycles. The van der Waals surface area contributed by atoms with E-state index in [0.29, 0.717) is 10.7 Å². The van der Waals surface area contributed by atoms with Gasteiger partial charge in [0.05, 0.1) is 4.88 Å². The molecule has 0 radical (unpaired) electrons. The normalized spacial score (nSPS) is 11.9. The van der Waals surface area contributed by atoms with Gasteiger partial charge < -0.3 is 10.6 Å². The van der Waals surface area contributed by atoms with Crippen LogP contribution in [0.2, 0.25) is 5.02 Å². The zero-order chi connectivity index (χ0) is 17.6. The van der Waals surface area contributed by atoms with Gasteiger partial charge >= 0.3 is 0 Å². The Morgan fingerprint density at radius 1 is 1.16 bits per heavy atom. The lowest BCUT2D eigenvalue weighted by atomic mass is 10.1. The standard InChI is InChI=1S/C20H19ClN2OS/c1-14-9-10-16(12-18(14)21)23-20(24)19(15-6-3-2-4-7-15)22-13-17-8-5-11-25-17/h2-12,19,22H,13H2,1H3,(H,23,24)/p+1/t19-/m1/s1. The first-order valence-electron chi connectivity index (χ1n) is 8.11. The molecule has 0 spiro atoms. The van der Waals surface area contributed by atoms with Crippen molar-refractivity contribution in [2.45, 2.75) is 19.5 Å².